The first kappa shape index (κ1) is 8.81. The molecule has 0 bridgehead atoms. The van der Waals surface area contributed by atoms with Gasteiger partial charge in [0.25, 0.3) is 0 Å². The fourth-order valence-corrected chi connectivity index (χ4v) is 1.35. The van der Waals surface area contributed by atoms with Gasteiger partial charge in [0.15, 0.2) is 4.67 Å². The number of rotatable bonds is 2. The molecule has 0 aliphatic heterocycles. The van der Waals surface area contributed by atoms with Crippen LogP contribution < -0.4 is 0 Å². The van der Waals surface area contributed by atoms with Crippen LogP contribution in [-0.2, 0) is 0 Å². The molecule has 0 aromatic carbocycles. The summed E-state index contributed by atoms with van der Waals surface area (Å²) in [7, 11) is 0. The molecule has 62 valence electrons. The van der Waals surface area contributed by atoms with Gasteiger partial charge in [-0.2, -0.15) is 0 Å². The molecule has 0 saturated carbocycles. The third kappa shape index (κ3) is 1.84. The van der Waals surface area contributed by atoms with Gasteiger partial charge in [-0.15, -0.1) is 0 Å². The topological polar surface area (TPSA) is 33.4 Å². The van der Waals surface area contributed by atoms with Crippen LogP contribution in [0.2, 0.25) is 0 Å². The Morgan fingerprint density at radius 3 is 2.55 bits per heavy atom. The summed E-state index contributed by atoms with van der Waals surface area (Å²) in [4.78, 5) is 0. The molecular weight excluding hydrogens is 208 g/mol. The van der Waals surface area contributed by atoms with E-state index < -0.39 is 6.10 Å². The largest absolute Gasteiger partial charge is 0.457 e. The Kier molecular flexibility index (Phi) is 2.73. The lowest BCUT2D eigenvalue weighted by molar-refractivity contribution is 0.125. The molecule has 1 unspecified atom stereocenters. The lowest BCUT2D eigenvalue weighted by Crippen LogP contribution is -2.04. The highest BCUT2D eigenvalue weighted by Crippen LogP contribution is 2.28. The zero-order valence-electron chi connectivity index (χ0n) is 6.54. The van der Waals surface area contributed by atoms with Crippen LogP contribution in [0.5, 0.6) is 0 Å². The van der Waals surface area contributed by atoms with Crippen molar-refractivity contribution in [1.82, 2.24) is 0 Å². The van der Waals surface area contributed by atoms with E-state index >= 15 is 0 Å². The summed E-state index contributed by atoms with van der Waals surface area (Å²) < 4.78 is 5.62. The smallest absolute Gasteiger partial charge is 0.174 e. The van der Waals surface area contributed by atoms with Gasteiger partial charge in [0.2, 0.25) is 0 Å². The van der Waals surface area contributed by atoms with Gasteiger partial charge in [0, 0.05) is 5.56 Å². The third-order valence-electron chi connectivity index (χ3n) is 1.60. The van der Waals surface area contributed by atoms with Crippen LogP contribution >= 0.6 is 15.9 Å². The maximum absolute atomic E-state index is 9.58. The molecule has 11 heavy (non-hydrogen) atoms. The first-order valence-corrected chi connectivity index (χ1v) is 4.33. The van der Waals surface area contributed by atoms with Crippen molar-refractivity contribution in [3.05, 3.63) is 22.6 Å². The van der Waals surface area contributed by atoms with Crippen LogP contribution in [0.3, 0.4) is 0 Å². The molecule has 1 N–H and O–H groups in total. The van der Waals surface area contributed by atoms with Gasteiger partial charge in [0.05, 0.1) is 12.4 Å². The average Bonchev–Trinajstić information content (AvgIpc) is 2.33. The lowest BCUT2D eigenvalue weighted by atomic mass is 10.0. The highest BCUT2D eigenvalue weighted by Gasteiger charge is 2.16. The molecular formula is C8H11BrO2. The number of halogens is 1. The molecule has 0 saturated heterocycles. The Bertz CT molecular complexity index is 230. The normalized spacial score (nSPS) is 13.9. The van der Waals surface area contributed by atoms with E-state index in [4.69, 9.17) is 4.42 Å². The van der Waals surface area contributed by atoms with Gasteiger partial charge in [0.1, 0.15) is 0 Å². The fourth-order valence-electron chi connectivity index (χ4n) is 0.875. The van der Waals surface area contributed by atoms with Crippen molar-refractivity contribution in [2.45, 2.75) is 20.0 Å². The van der Waals surface area contributed by atoms with Crippen LogP contribution in [0, 0.1) is 5.92 Å². The zero-order chi connectivity index (χ0) is 8.43. The van der Waals surface area contributed by atoms with E-state index in [1.54, 1.807) is 12.3 Å². The third-order valence-corrected chi connectivity index (χ3v) is 2.24. The van der Waals surface area contributed by atoms with Gasteiger partial charge in [-0.25, -0.2) is 0 Å². The summed E-state index contributed by atoms with van der Waals surface area (Å²) in [5.41, 5.74) is 0.819. The maximum Gasteiger partial charge on any atom is 0.174 e. The second-order valence-electron chi connectivity index (χ2n) is 2.84. The Labute approximate surface area is 74.3 Å². The maximum atomic E-state index is 9.58. The molecule has 1 aromatic rings. The van der Waals surface area contributed by atoms with Crippen molar-refractivity contribution >= 4 is 15.9 Å². The molecule has 1 rings (SSSR count). The summed E-state index contributed by atoms with van der Waals surface area (Å²) >= 11 is 3.21. The number of hydrogen-bond donors (Lipinski definition) is 1. The second-order valence-corrected chi connectivity index (χ2v) is 3.56. The van der Waals surface area contributed by atoms with E-state index in [1.165, 1.54) is 0 Å². The number of hydrogen-bond acceptors (Lipinski definition) is 2. The predicted octanol–water partition coefficient (Wildman–Crippen LogP) is 2.73. The van der Waals surface area contributed by atoms with Crippen molar-refractivity contribution in [3.8, 4) is 0 Å². The van der Waals surface area contributed by atoms with E-state index in [-0.39, 0.29) is 5.92 Å². The molecule has 3 heteroatoms. The number of aliphatic hydroxyl groups is 1. The summed E-state index contributed by atoms with van der Waals surface area (Å²) in [6.07, 6.45) is 1.12. The predicted molar refractivity (Wildman–Crippen MR) is 46.2 cm³/mol. The molecule has 1 aromatic heterocycles. The van der Waals surface area contributed by atoms with Crippen LogP contribution in [0.1, 0.15) is 25.5 Å². The molecule has 0 amide bonds. The first-order chi connectivity index (χ1) is 5.13. The van der Waals surface area contributed by atoms with Gasteiger partial charge in [-0.1, -0.05) is 13.8 Å². The summed E-state index contributed by atoms with van der Waals surface area (Å²) in [5.74, 6) is 0.212. The summed E-state index contributed by atoms with van der Waals surface area (Å²) in [5, 5.41) is 9.58. The Balaban J connectivity index is 2.84. The Morgan fingerprint density at radius 1 is 1.55 bits per heavy atom. The molecule has 0 aliphatic rings. The zero-order valence-corrected chi connectivity index (χ0v) is 8.13. The van der Waals surface area contributed by atoms with E-state index in [2.05, 4.69) is 15.9 Å². The van der Waals surface area contributed by atoms with Gasteiger partial charge in [-0.3, -0.25) is 0 Å². The average molecular weight is 219 g/mol. The Morgan fingerprint density at radius 2 is 2.18 bits per heavy atom. The van der Waals surface area contributed by atoms with E-state index in [0.29, 0.717) is 4.67 Å². The highest BCUT2D eigenvalue weighted by molar-refractivity contribution is 9.10. The minimum atomic E-state index is -0.442. The molecule has 2 nitrogen and oxygen atoms in total. The molecule has 0 aliphatic carbocycles. The minimum absolute atomic E-state index is 0.212. The summed E-state index contributed by atoms with van der Waals surface area (Å²) in [6.45, 7) is 3.92. The molecule has 0 spiro atoms. The molecule has 0 radical (unpaired) electrons. The molecule has 1 heterocycles. The second kappa shape index (κ2) is 3.41. The monoisotopic (exact) mass is 218 g/mol. The van der Waals surface area contributed by atoms with Crippen LogP contribution in [0.15, 0.2) is 21.4 Å². The number of aliphatic hydroxyl groups excluding tert-OH is 1. The van der Waals surface area contributed by atoms with Crippen molar-refractivity contribution in [3.63, 3.8) is 0 Å². The van der Waals surface area contributed by atoms with Crippen LogP contribution in [-0.4, -0.2) is 5.11 Å². The van der Waals surface area contributed by atoms with Gasteiger partial charge < -0.3 is 9.52 Å². The molecule has 0 fully saturated rings. The fraction of sp³-hybridized carbons (Fsp3) is 0.500. The van der Waals surface area contributed by atoms with Gasteiger partial charge >= 0.3 is 0 Å². The minimum Gasteiger partial charge on any atom is -0.457 e. The Hall–Kier alpha value is -0.280. The van der Waals surface area contributed by atoms with Crippen molar-refractivity contribution in [2.75, 3.05) is 0 Å². The van der Waals surface area contributed by atoms with E-state index in [9.17, 15) is 5.11 Å². The summed E-state index contributed by atoms with van der Waals surface area (Å²) in [6, 6.07) is 1.77. The van der Waals surface area contributed by atoms with Crippen molar-refractivity contribution < 1.29 is 9.52 Å². The van der Waals surface area contributed by atoms with E-state index in [1.807, 2.05) is 13.8 Å². The lowest BCUT2D eigenvalue weighted by Gasteiger charge is -2.12. The van der Waals surface area contributed by atoms with Crippen molar-refractivity contribution in [2.24, 2.45) is 5.92 Å². The van der Waals surface area contributed by atoms with Crippen LogP contribution in [0.25, 0.3) is 0 Å². The van der Waals surface area contributed by atoms with Crippen LogP contribution in [0.4, 0.5) is 0 Å². The number of furan rings is 1. The standard InChI is InChI=1S/C8H11BrO2/c1-5(2)7(10)6-3-4-11-8(6)9/h3-5,7,10H,1-2H3. The van der Waals surface area contributed by atoms with Gasteiger partial charge in [-0.05, 0) is 27.9 Å². The first-order valence-electron chi connectivity index (χ1n) is 3.54. The van der Waals surface area contributed by atoms with Crippen molar-refractivity contribution in [1.29, 1.82) is 0 Å². The van der Waals surface area contributed by atoms with E-state index in [0.717, 1.165) is 5.56 Å². The quantitative estimate of drug-likeness (QED) is 0.829. The highest BCUT2D eigenvalue weighted by atomic mass is 79.9. The SMILES string of the molecule is CC(C)C(O)c1ccoc1Br. The molecule has 1 atom stereocenters.